The molecule has 1 aromatic heterocycles. The molecule has 0 aromatic carbocycles. The summed E-state index contributed by atoms with van der Waals surface area (Å²) in [7, 11) is 1.38. The van der Waals surface area contributed by atoms with Gasteiger partial charge in [0.1, 0.15) is 0 Å². The third kappa shape index (κ3) is 3.36. The van der Waals surface area contributed by atoms with Crippen LogP contribution in [0.5, 0.6) is 5.75 Å². The van der Waals surface area contributed by atoms with Crippen LogP contribution in [0.1, 0.15) is 38.0 Å². The van der Waals surface area contributed by atoms with E-state index in [1.165, 1.54) is 18.0 Å². The van der Waals surface area contributed by atoms with E-state index in [1.807, 2.05) is 13.8 Å². The summed E-state index contributed by atoms with van der Waals surface area (Å²) in [4.78, 5) is 0. The minimum absolute atomic E-state index is 0.0758. The van der Waals surface area contributed by atoms with Crippen molar-refractivity contribution < 1.29 is 17.9 Å². The highest BCUT2D eigenvalue weighted by Crippen LogP contribution is 2.33. The minimum Gasteiger partial charge on any atom is -0.493 e. The molecule has 0 amide bonds. The summed E-state index contributed by atoms with van der Waals surface area (Å²) in [5.41, 5.74) is 5.86. The second-order valence-electron chi connectivity index (χ2n) is 4.06. The fraction of sp³-hybridized carbons (Fsp3) is 0.700. The Bertz CT molecular complexity index is 373. The third-order valence-corrected chi connectivity index (χ3v) is 2.31. The van der Waals surface area contributed by atoms with Gasteiger partial charge in [0.25, 0.3) is 0 Å². The van der Waals surface area contributed by atoms with Crippen LogP contribution in [0, 0.1) is 0 Å². The van der Waals surface area contributed by atoms with Gasteiger partial charge in [0.15, 0.2) is 5.75 Å². The van der Waals surface area contributed by atoms with Crippen molar-refractivity contribution in [3.05, 3.63) is 11.9 Å². The Balaban J connectivity index is 3.05. The van der Waals surface area contributed by atoms with Crippen LogP contribution in [0.2, 0.25) is 0 Å². The van der Waals surface area contributed by atoms with Crippen molar-refractivity contribution in [1.82, 2.24) is 9.78 Å². The zero-order valence-corrected chi connectivity index (χ0v) is 9.95. The van der Waals surface area contributed by atoms with Gasteiger partial charge in [-0.15, -0.1) is 0 Å². The number of halogens is 3. The number of hydrogen-bond acceptors (Lipinski definition) is 3. The lowest BCUT2D eigenvalue weighted by atomic mass is 10.1. The first-order valence-corrected chi connectivity index (χ1v) is 5.20. The maximum Gasteiger partial charge on any atom is 0.390 e. The largest absolute Gasteiger partial charge is 0.493 e. The summed E-state index contributed by atoms with van der Waals surface area (Å²) in [6.07, 6.45) is -4.02. The number of alkyl halides is 3. The third-order valence-electron chi connectivity index (χ3n) is 2.31. The maximum absolute atomic E-state index is 12.3. The highest BCUT2D eigenvalue weighted by molar-refractivity contribution is 5.28. The van der Waals surface area contributed by atoms with Gasteiger partial charge in [0.2, 0.25) is 0 Å². The summed E-state index contributed by atoms with van der Waals surface area (Å²) < 4.78 is 43.4. The zero-order valence-electron chi connectivity index (χ0n) is 9.95. The van der Waals surface area contributed by atoms with Crippen molar-refractivity contribution in [3.63, 3.8) is 0 Å². The first-order valence-electron chi connectivity index (χ1n) is 5.20. The normalized spacial score (nSPS) is 14.1. The van der Waals surface area contributed by atoms with E-state index >= 15 is 0 Å². The lowest BCUT2D eigenvalue weighted by molar-refractivity contribution is -0.138. The van der Waals surface area contributed by atoms with E-state index in [4.69, 9.17) is 10.5 Å². The van der Waals surface area contributed by atoms with Gasteiger partial charge in [-0.25, -0.2) is 0 Å². The van der Waals surface area contributed by atoms with Crippen molar-refractivity contribution >= 4 is 0 Å². The number of nitrogens with two attached hydrogens (primary N) is 1. The molecule has 0 bridgehead atoms. The Morgan fingerprint density at radius 1 is 1.47 bits per heavy atom. The average Bonchev–Trinajstić information content (AvgIpc) is 2.57. The molecule has 0 aliphatic heterocycles. The summed E-state index contributed by atoms with van der Waals surface area (Å²) in [6.45, 7) is 3.63. The van der Waals surface area contributed by atoms with Crippen molar-refractivity contribution in [2.45, 2.75) is 38.5 Å². The number of ether oxygens (including phenoxy) is 1. The van der Waals surface area contributed by atoms with E-state index in [0.717, 1.165) is 0 Å². The van der Waals surface area contributed by atoms with E-state index in [1.54, 1.807) is 0 Å². The summed E-state index contributed by atoms with van der Waals surface area (Å²) in [5.74, 6) is 0.287. The number of hydrogen-bond donors (Lipinski definition) is 1. The van der Waals surface area contributed by atoms with Crippen LogP contribution in [0.15, 0.2) is 6.20 Å². The second-order valence-corrected chi connectivity index (χ2v) is 4.06. The standard InChI is InChI=1S/C10H16F3N3O/c1-6(2)16-9(8(17-3)5-15-16)7(14)4-10(11,12)13/h5-7H,4,14H2,1-3H3. The molecule has 0 spiro atoms. The smallest absolute Gasteiger partial charge is 0.390 e. The van der Waals surface area contributed by atoms with Crippen LogP contribution in [0.4, 0.5) is 13.2 Å². The van der Waals surface area contributed by atoms with Gasteiger partial charge < -0.3 is 10.5 Å². The minimum atomic E-state index is -4.31. The van der Waals surface area contributed by atoms with Crippen LogP contribution in [0.25, 0.3) is 0 Å². The Labute approximate surface area is 97.5 Å². The van der Waals surface area contributed by atoms with Gasteiger partial charge in [-0.2, -0.15) is 18.3 Å². The van der Waals surface area contributed by atoms with E-state index in [-0.39, 0.29) is 17.5 Å². The molecule has 1 atom stereocenters. The first kappa shape index (κ1) is 13.8. The van der Waals surface area contributed by atoms with Gasteiger partial charge in [0, 0.05) is 6.04 Å². The molecule has 7 heteroatoms. The molecular formula is C10H16F3N3O. The molecule has 1 heterocycles. The second kappa shape index (κ2) is 4.95. The van der Waals surface area contributed by atoms with E-state index in [0.29, 0.717) is 0 Å². The van der Waals surface area contributed by atoms with E-state index in [2.05, 4.69) is 5.10 Å². The molecule has 98 valence electrons. The summed E-state index contributed by atoms with van der Waals surface area (Å²) in [6, 6.07) is -1.25. The van der Waals surface area contributed by atoms with Crippen LogP contribution >= 0.6 is 0 Å². The molecule has 1 unspecified atom stereocenters. The highest BCUT2D eigenvalue weighted by Gasteiger charge is 2.34. The lowest BCUT2D eigenvalue weighted by Gasteiger charge is -2.19. The van der Waals surface area contributed by atoms with Crippen molar-refractivity contribution in [2.75, 3.05) is 7.11 Å². The van der Waals surface area contributed by atoms with Crippen molar-refractivity contribution in [3.8, 4) is 5.75 Å². The fourth-order valence-electron chi connectivity index (χ4n) is 1.62. The molecule has 1 aromatic rings. The molecule has 4 nitrogen and oxygen atoms in total. The van der Waals surface area contributed by atoms with Crippen molar-refractivity contribution in [2.24, 2.45) is 5.73 Å². The number of aromatic nitrogens is 2. The molecule has 17 heavy (non-hydrogen) atoms. The predicted molar refractivity (Wildman–Crippen MR) is 56.8 cm³/mol. The molecule has 0 saturated carbocycles. The van der Waals surface area contributed by atoms with Gasteiger partial charge >= 0.3 is 6.18 Å². The van der Waals surface area contributed by atoms with Crippen LogP contribution in [-0.2, 0) is 0 Å². The molecule has 0 aliphatic rings. The molecule has 2 N–H and O–H groups in total. The molecular weight excluding hydrogens is 235 g/mol. The van der Waals surface area contributed by atoms with Crippen LogP contribution < -0.4 is 10.5 Å². The Morgan fingerprint density at radius 2 is 2.06 bits per heavy atom. The Hall–Kier alpha value is -1.24. The van der Waals surface area contributed by atoms with Gasteiger partial charge in [0.05, 0.1) is 31.5 Å². The molecule has 0 radical (unpaired) electrons. The highest BCUT2D eigenvalue weighted by atomic mass is 19.4. The summed E-state index contributed by atoms with van der Waals surface area (Å²) >= 11 is 0. The number of methoxy groups -OCH3 is 1. The van der Waals surface area contributed by atoms with Crippen LogP contribution in [0.3, 0.4) is 0 Å². The number of nitrogens with zero attached hydrogens (tertiary/aromatic N) is 2. The predicted octanol–water partition coefficient (Wildman–Crippen LogP) is 2.42. The molecule has 1 rings (SSSR count). The van der Waals surface area contributed by atoms with E-state index in [9.17, 15) is 13.2 Å². The van der Waals surface area contributed by atoms with Crippen LogP contribution in [-0.4, -0.2) is 23.1 Å². The molecule has 0 fully saturated rings. The SMILES string of the molecule is COc1cnn(C(C)C)c1C(N)CC(F)(F)F. The Kier molecular flexibility index (Phi) is 4.03. The number of rotatable bonds is 4. The molecule has 0 saturated heterocycles. The van der Waals surface area contributed by atoms with Gasteiger partial charge in [-0.1, -0.05) is 0 Å². The summed E-state index contributed by atoms with van der Waals surface area (Å²) in [5, 5.41) is 3.98. The lowest BCUT2D eigenvalue weighted by Crippen LogP contribution is -2.24. The van der Waals surface area contributed by atoms with E-state index < -0.39 is 18.6 Å². The maximum atomic E-state index is 12.3. The Morgan fingerprint density at radius 3 is 2.47 bits per heavy atom. The average molecular weight is 251 g/mol. The molecule has 0 aliphatic carbocycles. The topological polar surface area (TPSA) is 53.1 Å². The monoisotopic (exact) mass is 251 g/mol. The first-order chi connectivity index (χ1) is 7.76. The van der Waals surface area contributed by atoms with Crippen molar-refractivity contribution in [1.29, 1.82) is 0 Å². The van der Waals surface area contributed by atoms with Gasteiger partial charge in [-0.3, -0.25) is 4.68 Å². The zero-order chi connectivity index (χ0) is 13.2. The quantitative estimate of drug-likeness (QED) is 0.894. The fourth-order valence-corrected chi connectivity index (χ4v) is 1.62. The van der Waals surface area contributed by atoms with Gasteiger partial charge in [-0.05, 0) is 13.8 Å².